The molecule has 0 aliphatic carbocycles. The van der Waals surface area contributed by atoms with Gasteiger partial charge in [-0.25, -0.2) is 0 Å². The van der Waals surface area contributed by atoms with Gasteiger partial charge >= 0.3 is 47.9 Å². The molecule has 0 radical (unpaired) electrons. The Labute approximate surface area is 92.8 Å². The van der Waals surface area contributed by atoms with E-state index in [1.165, 1.54) is 6.16 Å². The zero-order chi connectivity index (χ0) is 9.71. The minimum absolute atomic E-state index is 0. The van der Waals surface area contributed by atoms with Crippen LogP contribution in [-0.2, 0) is 4.57 Å². The van der Waals surface area contributed by atoms with Crippen LogP contribution in [-0.4, -0.2) is 42.6 Å². The smallest absolute Gasteiger partial charge is 0.322 e. The molecule has 6 heteroatoms. The molecule has 0 heterocycles. The van der Waals surface area contributed by atoms with Gasteiger partial charge in [-0.1, -0.05) is 0 Å². The van der Waals surface area contributed by atoms with Crippen LogP contribution in [0.1, 0.15) is 6.92 Å². The Hall–Kier alpha value is 1.31. The van der Waals surface area contributed by atoms with Gasteiger partial charge in [-0.2, -0.15) is 0 Å². The largest absolute Gasteiger partial charge is 0.325 e. The zero-order valence-electron chi connectivity index (χ0n) is 8.37. The first-order valence-electron chi connectivity index (χ1n) is 3.59. The Morgan fingerprint density at radius 2 is 1.33 bits per heavy atom. The second-order valence-corrected chi connectivity index (χ2v) is 11.2. The molecule has 0 aromatic rings. The Bertz CT molecular complexity index is 130. The summed E-state index contributed by atoms with van der Waals surface area (Å²) in [4.78, 5) is 15.3. The fraction of sp³-hybridized carbons (Fsp3) is 1.00. The maximum Gasteiger partial charge on any atom is 0.322 e. The van der Waals surface area contributed by atoms with Crippen molar-refractivity contribution in [3.05, 3.63) is 0 Å². The molecule has 0 saturated heterocycles. The van der Waals surface area contributed by atoms with Gasteiger partial charge in [0.05, 0.1) is 0 Å². The molecular formula is C6H21IO3P2. The second-order valence-electron chi connectivity index (χ2n) is 3.75. The number of halogens is 1. The van der Waals surface area contributed by atoms with Crippen molar-refractivity contribution in [2.45, 2.75) is 6.92 Å². The molecule has 0 unspecified atom stereocenters. The third-order valence-electron chi connectivity index (χ3n) is 1.06. The third-order valence-corrected chi connectivity index (χ3v) is 3.18. The van der Waals surface area contributed by atoms with E-state index in [2.05, 4.69) is 26.9 Å². The average molecular weight is 330 g/mol. The SMILES string of the molecule is CC[PH](C)(C)C.CP(=O)(O)O.I. The van der Waals surface area contributed by atoms with E-state index < -0.39 is 14.9 Å². The fourth-order valence-corrected chi connectivity index (χ4v) is 0. The summed E-state index contributed by atoms with van der Waals surface area (Å²) in [5, 5.41) is 0. The van der Waals surface area contributed by atoms with Crippen LogP contribution in [0.4, 0.5) is 0 Å². The van der Waals surface area contributed by atoms with Crippen molar-refractivity contribution in [2.75, 3.05) is 32.8 Å². The van der Waals surface area contributed by atoms with Crippen molar-refractivity contribution in [3.8, 4) is 0 Å². The van der Waals surface area contributed by atoms with Crippen molar-refractivity contribution < 1.29 is 14.4 Å². The number of hydrogen-bond acceptors (Lipinski definition) is 1. The van der Waals surface area contributed by atoms with E-state index in [1.807, 2.05) is 0 Å². The van der Waals surface area contributed by atoms with Crippen LogP contribution >= 0.6 is 38.8 Å². The van der Waals surface area contributed by atoms with Gasteiger partial charge in [0, 0.05) is 6.66 Å². The van der Waals surface area contributed by atoms with Gasteiger partial charge in [0.1, 0.15) is 0 Å². The Morgan fingerprint density at radius 3 is 1.33 bits per heavy atom. The normalized spacial score (nSPS) is 12.2. The quantitative estimate of drug-likeness (QED) is 0.572. The van der Waals surface area contributed by atoms with Crippen LogP contribution in [0.15, 0.2) is 0 Å². The summed E-state index contributed by atoms with van der Waals surface area (Å²) in [6, 6.07) is 0. The van der Waals surface area contributed by atoms with Crippen molar-refractivity contribution in [2.24, 2.45) is 0 Å². The minimum Gasteiger partial charge on any atom is -0.325 e. The predicted octanol–water partition coefficient (Wildman–Crippen LogP) is 2.06. The van der Waals surface area contributed by atoms with E-state index in [-0.39, 0.29) is 24.0 Å². The summed E-state index contributed by atoms with van der Waals surface area (Å²) in [6.45, 7) is 10.3. The maximum atomic E-state index is 9.33. The topological polar surface area (TPSA) is 57.5 Å². The van der Waals surface area contributed by atoms with Gasteiger partial charge in [-0.15, -0.1) is 24.0 Å². The molecule has 80 valence electrons. The summed E-state index contributed by atoms with van der Waals surface area (Å²) < 4.78 is 9.33. The van der Waals surface area contributed by atoms with Crippen molar-refractivity contribution >= 4 is 38.8 Å². The van der Waals surface area contributed by atoms with Crippen LogP contribution in [0.2, 0.25) is 0 Å². The molecule has 0 aromatic carbocycles. The molecule has 0 aliphatic heterocycles. The van der Waals surface area contributed by atoms with E-state index in [0.29, 0.717) is 0 Å². The molecule has 12 heavy (non-hydrogen) atoms. The maximum absolute atomic E-state index is 9.33. The molecule has 0 saturated carbocycles. The third kappa shape index (κ3) is 64.7. The van der Waals surface area contributed by atoms with Gasteiger partial charge in [0.15, 0.2) is 0 Å². The van der Waals surface area contributed by atoms with Crippen LogP contribution < -0.4 is 0 Å². The first-order valence-corrected chi connectivity index (χ1v) is 9.36. The molecule has 3 nitrogen and oxygen atoms in total. The summed E-state index contributed by atoms with van der Waals surface area (Å²) >= 11 is 0. The Kier molecular flexibility index (Phi) is 12.2. The van der Waals surface area contributed by atoms with E-state index in [0.717, 1.165) is 6.66 Å². The molecule has 0 rings (SSSR count). The Balaban J connectivity index is -0.000000126. The van der Waals surface area contributed by atoms with E-state index in [9.17, 15) is 4.57 Å². The van der Waals surface area contributed by atoms with E-state index >= 15 is 0 Å². The molecule has 0 aromatic heterocycles. The summed E-state index contributed by atoms with van der Waals surface area (Å²) in [5.41, 5.74) is 0. The summed E-state index contributed by atoms with van der Waals surface area (Å²) in [7, 11) is -4.27. The van der Waals surface area contributed by atoms with Gasteiger partial charge in [0.2, 0.25) is 0 Å². The number of hydrogen-bond donors (Lipinski definition) is 2. The van der Waals surface area contributed by atoms with Crippen LogP contribution in [0.3, 0.4) is 0 Å². The molecule has 2 N–H and O–H groups in total. The standard InChI is InChI=1S/C5H15P.CH5O3P.HI/c1-5-6(2,3)4;1-5(2,3)4;/h6H,5H2,1-4H3;1H3,(H2,2,3,4);1H. The molecule has 0 atom stereocenters. The predicted molar refractivity (Wildman–Crippen MR) is 70.0 cm³/mol. The summed E-state index contributed by atoms with van der Waals surface area (Å²) in [5.74, 6) is 0. The van der Waals surface area contributed by atoms with Gasteiger partial charge < -0.3 is 9.79 Å². The zero-order valence-corrected chi connectivity index (χ0v) is 12.6. The van der Waals surface area contributed by atoms with Crippen LogP contribution in [0, 0.1) is 0 Å². The van der Waals surface area contributed by atoms with Crippen molar-refractivity contribution in [1.29, 1.82) is 0 Å². The number of rotatable bonds is 1. The van der Waals surface area contributed by atoms with E-state index in [1.54, 1.807) is 0 Å². The van der Waals surface area contributed by atoms with Gasteiger partial charge in [-0.3, -0.25) is 4.57 Å². The minimum atomic E-state index is -3.64. The fourth-order valence-electron chi connectivity index (χ4n) is 0. The second kappa shape index (κ2) is 7.69. The Morgan fingerprint density at radius 1 is 1.25 bits per heavy atom. The molecule has 0 spiro atoms. The van der Waals surface area contributed by atoms with E-state index in [4.69, 9.17) is 9.79 Å². The molecule has 0 amide bonds. The molecule has 0 aliphatic rings. The first-order chi connectivity index (χ1) is 4.56. The molecular weight excluding hydrogens is 309 g/mol. The van der Waals surface area contributed by atoms with Gasteiger partial charge in [0.25, 0.3) is 0 Å². The monoisotopic (exact) mass is 330 g/mol. The molecule has 0 fully saturated rings. The van der Waals surface area contributed by atoms with Crippen molar-refractivity contribution in [1.82, 2.24) is 0 Å². The van der Waals surface area contributed by atoms with Crippen LogP contribution in [0.5, 0.6) is 0 Å². The van der Waals surface area contributed by atoms with Gasteiger partial charge in [-0.05, 0) is 0 Å². The summed E-state index contributed by atoms with van der Waals surface area (Å²) in [6.07, 6.45) is 1.41. The first kappa shape index (κ1) is 19.0. The average Bonchev–Trinajstić information content (AvgIpc) is 1.59. The van der Waals surface area contributed by atoms with Crippen LogP contribution in [0.25, 0.3) is 0 Å². The molecule has 0 bridgehead atoms. The van der Waals surface area contributed by atoms with Crippen molar-refractivity contribution in [3.63, 3.8) is 0 Å².